The van der Waals surface area contributed by atoms with Crippen molar-refractivity contribution in [2.75, 3.05) is 34.4 Å². The van der Waals surface area contributed by atoms with Gasteiger partial charge in [0.1, 0.15) is 18.1 Å². The number of hydrogen-bond acceptors (Lipinski definition) is 5. The SMILES string of the molecule is COc1ccc2c(C(=O)c3ccc(OCCN(C)C)cc3)c(C3CCCCC3)sc2c1. The Morgan fingerprint density at radius 3 is 2.42 bits per heavy atom. The van der Waals surface area contributed by atoms with Crippen molar-refractivity contribution in [1.29, 1.82) is 0 Å². The van der Waals surface area contributed by atoms with Gasteiger partial charge < -0.3 is 14.4 Å². The van der Waals surface area contributed by atoms with E-state index in [0.29, 0.717) is 18.1 Å². The molecule has 0 aliphatic heterocycles. The van der Waals surface area contributed by atoms with E-state index in [0.717, 1.165) is 33.7 Å². The predicted molar refractivity (Wildman–Crippen MR) is 128 cm³/mol. The minimum absolute atomic E-state index is 0.108. The van der Waals surface area contributed by atoms with Crippen LogP contribution in [-0.4, -0.2) is 45.0 Å². The molecule has 4 nitrogen and oxygen atoms in total. The number of thiophene rings is 1. The minimum atomic E-state index is 0.108. The number of likely N-dealkylation sites (N-methyl/N-ethyl adjacent to an activating group) is 1. The molecule has 1 aromatic heterocycles. The number of methoxy groups -OCH3 is 1. The third kappa shape index (κ3) is 4.94. The topological polar surface area (TPSA) is 38.8 Å². The highest BCUT2D eigenvalue weighted by molar-refractivity contribution is 7.19. The highest BCUT2D eigenvalue weighted by Crippen LogP contribution is 2.44. The maximum Gasteiger partial charge on any atom is 0.194 e. The number of carbonyl (C=O) groups is 1. The van der Waals surface area contributed by atoms with Crippen molar-refractivity contribution >= 4 is 27.2 Å². The van der Waals surface area contributed by atoms with Gasteiger partial charge in [0.25, 0.3) is 0 Å². The zero-order valence-corrected chi connectivity index (χ0v) is 19.5. The van der Waals surface area contributed by atoms with Crippen molar-refractivity contribution in [2.24, 2.45) is 0 Å². The molecule has 0 saturated heterocycles. The highest BCUT2D eigenvalue weighted by Gasteiger charge is 2.27. The number of fused-ring (bicyclic) bond motifs is 1. The summed E-state index contributed by atoms with van der Waals surface area (Å²) in [4.78, 5) is 17.0. The molecule has 1 aliphatic carbocycles. The Morgan fingerprint density at radius 1 is 1.03 bits per heavy atom. The molecule has 1 aliphatic rings. The van der Waals surface area contributed by atoms with Crippen molar-refractivity contribution in [2.45, 2.75) is 38.0 Å². The Morgan fingerprint density at radius 2 is 1.74 bits per heavy atom. The second-order valence-electron chi connectivity index (χ2n) is 8.54. The monoisotopic (exact) mass is 437 g/mol. The number of ketones is 1. The number of hydrogen-bond donors (Lipinski definition) is 0. The minimum Gasteiger partial charge on any atom is -0.497 e. The van der Waals surface area contributed by atoms with Crippen molar-refractivity contribution in [3.8, 4) is 11.5 Å². The number of rotatable bonds is 8. The molecule has 0 amide bonds. The lowest BCUT2D eigenvalue weighted by atomic mass is 9.85. The zero-order valence-electron chi connectivity index (χ0n) is 18.6. The maximum absolute atomic E-state index is 13.7. The van der Waals surface area contributed by atoms with E-state index in [4.69, 9.17) is 9.47 Å². The van der Waals surface area contributed by atoms with Crippen molar-refractivity contribution < 1.29 is 14.3 Å². The third-order valence-electron chi connectivity index (χ3n) is 6.05. The predicted octanol–water partition coefficient (Wildman–Crippen LogP) is 6.13. The van der Waals surface area contributed by atoms with E-state index in [1.807, 2.05) is 50.5 Å². The fourth-order valence-electron chi connectivity index (χ4n) is 4.30. The molecule has 0 N–H and O–H groups in total. The fourth-order valence-corrected chi connectivity index (χ4v) is 5.70. The molecule has 3 aromatic rings. The first kappa shape index (κ1) is 21.8. The molecule has 0 bridgehead atoms. The molecule has 1 fully saturated rings. The Labute approximate surface area is 188 Å². The Hall–Kier alpha value is -2.37. The van der Waals surface area contributed by atoms with Crippen LogP contribution in [0.3, 0.4) is 0 Å². The summed E-state index contributed by atoms with van der Waals surface area (Å²) in [6.45, 7) is 1.49. The van der Waals surface area contributed by atoms with Crippen LogP contribution in [0.15, 0.2) is 42.5 Å². The number of nitrogens with zero attached hydrogens (tertiary/aromatic N) is 1. The molecular weight excluding hydrogens is 406 g/mol. The molecule has 4 rings (SSSR count). The van der Waals surface area contributed by atoms with Gasteiger partial charge in [-0.05, 0) is 75.3 Å². The van der Waals surface area contributed by atoms with E-state index in [9.17, 15) is 4.79 Å². The van der Waals surface area contributed by atoms with Gasteiger partial charge in [-0.15, -0.1) is 11.3 Å². The highest BCUT2D eigenvalue weighted by atomic mass is 32.1. The van der Waals surface area contributed by atoms with E-state index in [1.165, 1.54) is 37.0 Å². The molecule has 1 heterocycles. The van der Waals surface area contributed by atoms with Crippen LogP contribution in [0.5, 0.6) is 11.5 Å². The van der Waals surface area contributed by atoms with Crippen LogP contribution in [0, 0.1) is 0 Å². The van der Waals surface area contributed by atoms with Crippen LogP contribution >= 0.6 is 11.3 Å². The van der Waals surface area contributed by atoms with Crippen LogP contribution in [0.25, 0.3) is 10.1 Å². The van der Waals surface area contributed by atoms with Gasteiger partial charge in [0.05, 0.1) is 7.11 Å². The average molecular weight is 438 g/mol. The van der Waals surface area contributed by atoms with Gasteiger partial charge in [-0.2, -0.15) is 0 Å². The summed E-state index contributed by atoms with van der Waals surface area (Å²) in [5.74, 6) is 2.22. The van der Waals surface area contributed by atoms with Crippen molar-refractivity contribution in [3.05, 3.63) is 58.5 Å². The van der Waals surface area contributed by atoms with Crippen LogP contribution in [0.2, 0.25) is 0 Å². The second-order valence-corrected chi connectivity index (χ2v) is 9.63. The van der Waals surface area contributed by atoms with E-state index in [2.05, 4.69) is 11.0 Å². The first-order valence-electron chi connectivity index (χ1n) is 11.1. The summed E-state index contributed by atoms with van der Waals surface area (Å²) < 4.78 is 12.4. The number of ether oxygens (including phenoxy) is 2. The molecule has 5 heteroatoms. The van der Waals surface area contributed by atoms with Gasteiger partial charge in [0.2, 0.25) is 0 Å². The lowest BCUT2D eigenvalue weighted by Gasteiger charge is -2.21. The molecule has 0 unspecified atom stereocenters. The number of carbonyl (C=O) groups excluding carboxylic acids is 1. The van der Waals surface area contributed by atoms with Gasteiger partial charge in [-0.25, -0.2) is 0 Å². The molecule has 31 heavy (non-hydrogen) atoms. The fraction of sp³-hybridized carbons (Fsp3) is 0.423. The standard InChI is InChI=1S/C26H31NO3S/c1-27(2)15-16-30-20-11-9-18(10-12-20)25(28)24-22-14-13-21(29-3)17-23(22)31-26(24)19-7-5-4-6-8-19/h9-14,17,19H,4-8,15-16H2,1-3H3. The first-order valence-corrected chi connectivity index (χ1v) is 11.9. The summed E-state index contributed by atoms with van der Waals surface area (Å²) in [6, 6.07) is 13.7. The number of benzene rings is 2. The summed E-state index contributed by atoms with van der Waals surface area (Å²) in [7, 11) is 5.73. The van der Waals surface area contributed by atoms with E-state index < -0.39 is 0 Å². The summed E-state index contributed by atoms with van der Waals surface area (Å²) in [5, 5.41) is 1.04. The van der Waals surface area contributed by atoms with E-state index in [1.54, 1.807) is 18.4 Å². The molecule has 2 aromatic carbocycles. The lowest BCUT2D eigenvalue weighted by Crippen LogP contribution is -2.19. The largest absolute Gasteiger partial charge is 0.497 e. The van der Waals surface area contributed by atoms with Crippen LogP contribution in [0.1, 0.15) is 58.8 Å². The molecule has 1 saturated carbocycles. The zero-order chi connectivity index (χ0) is 21.8. The average Bonchev–Trinajstić information content (AvgIpc) is 3.18. The van der Waals surface area contributed by atoms with Crippen molar-refractivity contribution in [1.82, 2.24) is 4.90 Å². The summed E-state index contributed by atoms with van der Waals surface area (Å²) >= 11 is 1.77. The van der Waals surface area contributed by atoms with Crippen LogP contribution < -0.4 is 9.47 Å². The van der Waals surface area contributed by atoms with Crippen LogP contribution in [0.4, 0.5) is 0 Å². The summed E-state index contributed by atoms with van der Waals surface area (Å²) in [5.41, 5.74) is 1.60. The molecule has 164 valence electrons. The van der Waals surface area contributed by atoms with Gasteiger partial charge in [0.15, 0.2) is 5.78 Å². The molecule has 0 radical (unpaired) electrons. The maximum atomic E-state index is 13.7. The Kier molecular flexibility index (Phi) is 6.93. The summed E-state index contributed by atoms with van der Waals surface area (Å²) in [6.07, 6.45) is 6.13. The normalized spacial score (nSPS) is 14.8. The van der Waals surface area contributed by atoms with Gasteiger partial charge >= 0.3 is 0 Å². The van der Waals surface area contributed by atoms with Gasteiger partial charge in [-0.3, -0.25) is 4.79 Å². The lowest BCUT2D eigenvalue weighted by molar-refractivity contribution is 0.103. The first-order chi connectivity index (χ1) is 15.1. The van der Waals surface area contributed by atoms with E-state index >= 15 is 0 Å². The van der Waals surface area contributed by atoms with Gasteiger partial charge in [0, 0.05) is 32.6 Å². The third-order valence-corrected chi connectivity index (χ3v) is 7.37. The van der Waals surface area contributed by atoms with E-state index in [-0.39, 0.29) is 5.78 Å². The quantitative estimate of drug-likeness (QED) is 0.398. The Balaban J connectivity index is 1.66. The van der Waals surface area contributed by atoms with Crippen LogP contribution in [-0.2, 0) is 0 Å². The van der Waals surface area contributed by atoms with Gasteiger partial charge in [-0.1, -0.05) is 19.3 Å². The molecule has 0 spiro atoms. The smallest absolute Gasteiger partial charge is 0.194 e. The Bertz CT molecular complexity index is 1030. The molecular formula is C26H31NO3S. The molecule has 0 atom stereocenters. The second kappa shape index (κ2) is 9.84. The van der Waals surface area contributed by atoms with Crippen molar-refractivity contribution in [3.63, 3.8) is 0 Å².